The molecule has 72 valence electrons. The van der Waals surface area contributed by atoms with Crippen LogP contribution < -0.4 is 5.32 Å². The van der Waals surface area contributed by atoms with Crippen LogP contribution in [0, 0.1) is 0 Å². The Hall–Kier alpha value is -0.700. The third kappa shape index (κ3) is 3.27. The zero-order chi connectivity index (χ0) is 9.68. The van der Waals surface area contributed by atoms with E-state index in [1.54, 1.807) is 11.8 Å². The monoisotopic (exact) mass is 196 g/mol. The van der Waals surface area contributed by atoms with E-state index in [1.165, 1.54) is 4.90 Å². The molecule has 1 atom stereocenters. The third-order valence-electron chi connectivity index (χ3n) is 1.98. The SMILES string of the molecule is CCC(C)Nc1ccc(SC)cn1. The van der Waals surface area contributed by atoms with Gasteiger partial charge in [0.2, 0.25) is 0 Å². The summed E-state index contributed by atoms with van der Waals surface area (Å²) < 4.78 is 0. The van der Waals surface area contributed by atoms with E-state index < -0.39 is 0 Å². The molecule has 0 saturated heterocycles. The predicted molar refractivity (Wildman–Crippen MR) is 59.4 cm³/mol. The van der Waals surface area contributed by atoms with Crippen LogP contribution in [0.2, 0.25) is 0 Å². The fourth-order valence-corrected chi connectivity index (χ4v) is 1.30. The lowest BCUT2D eigenvalue weighted by Gasteiger charge is -2.11. The van der Waals surface area contributed by atoms with E-state index in [0.29, 0.717) is 6.04 Å². The van der Waals surface area contributed by atoms with E-state index in [-0.39, 0.29) is 0 Å². The molecular formula is C10H16N2S. The molecule has 1 N–H and O–H groups in total. The second-order valence-electron chi connectivity index (χ2n) is 3.04. The van der Waals surface area contributed by atoms with E-state index >= 15 is 0 Å². The molecule has 0 amide bonds. The first-order chi connectivity index (χ1) is 6.26. The van der Waals surface area contributed by atoms with Crippen LogP contribution in [0.3, 0.4) is 0 Å². The fourth-order valence-electron chi connectivity index (χ4n) is 0.941. The maximum absolute atomic E-state index is 4.31. The first-order valence-corrected chi connectivity index (χ1v) is 5.75. The average Bonchev–Trinajstić information content (AvgIpc) is 2.19. The van der Waals surface area contributed by atoms with Crippen LogP contribution in [0.4, 0.5) is 5.82 Å². The van der Waals surface area contributed by atoms with Crippen molar-refractivity contribution in [2.24, 2.45) is 0 Å². The van der Waals surface area contributed by atoms with Gasteiger partial charge < -0.3 is 5.32 Å². The van der Waals surface area contributed by atoms with E-state index in [1.807, 2.05) is 12.3 Å². The normalized spacial score (nSPS) is 12.5. The smallest absolute Gasteiger partial charge is 0.126 e. The van der Waals surface area contributed by atoms with Crippen LogP contribution in [0.15, 0.2) is 23.2 Å². The van der Waals surface area contributed by atoms with Gasteiger partial charge in [0.15, 0.2) is 0 Å². The molecule has 1 aromatic rings. The zero-order valence-corrected chi connectivity index (χ0v) is 9.19. The van der Waals surface area contributed by atoms with E-state index in [2.05, 4.69) is 36.5 Å². The molecule has 2 nitrogen and oxygen atoms in total. The van der Waals surface area contributed by atoms with Crippen molar-refractivity contribution in [1.29, 1.82) is 0 Å². The summed E-state index contributed by atoms with van der Waals surface area (Å²) in [6.07, 6.45) is 5.07. The predicted octanol–water partition coefficient (Wildman–Crippen LogP) is 3.01. The molecular weight excluding hydrogens is 180 g/mol. The standard InChI is InChI=1S/C10H16N2S/c1-4-8(2)12-10-6-5-9(13-3)7-11-10/h5-8H,4H2,1-3H3,(H,11,12). The van der Waals surface area contributed by atoms with Gasteiger partial charge in [0.1, 0.15) is 5.82 Å². The highest BCUT2D eigenvalue weighted by atomic mass is 32.2. The first kappa shape index (κ1) is 10.4. The van der Waals surface area contributed by atoms with Crippen LogP contribution in [0.25, 0.3) is 0 Å². The Balaban J connectivity index is 2.58. The Labute approximate surface area is 84.1 Å². The first-order valence-electron chi connectivity index (χ1n) is 4.52. The molecule has 0 aliphatic rings. The van der Waals surface area contributed by atoms with Crippen molar-refractivity contribution in [3.05, 3.63) is 18.3 Å². The van der Waals surface area contributed by atoms with Gasteiger partial charge in [-0.3, -0.25) is 0 Å². The number of hydrogen-bond acceptors (Lipinski definition) is 3. The Morgan fingerprint density at radius 2 is 2.31 bits per heavy atom. The summed E-state index contributed by atoms with van der Waals surface area (Å²) in [7, 11) is 0. The minimum Gasteiger partial charge on any atom is -0.368 e. The van der Waals surface area contributed by atoms with Crippen molar-refractivity contribution in [2.45, 2.75) is 31.2 Å². The second-order valence-corrected chi connectivity index (χ2v) is 3.92. The van der Waals surface area contributed by atoms with Crippen molar-refractivity contribution in [3.63, 3.8) is 0 Å². The number of aromatic nitrogens is 1. The number of nitrogens with zero attached hydrogens (tertiary/aromatic N) is 1. The quantitative estimate of drug-likeness (QED) is 0.749. The number of rotatable bonds is 4. The molecule has 0 bridgehead atoms. The topological polar surface area (TPSA) is 24.9 Å². The minimum absolute atomic E-state index is 0.493. The lowest BCUT2D eigenvalue weighted by atomic mass is 10.2. The van der Waals surface area contributed by atoms with Gasteiger partial charge >= 0.3 is 0 Å². The summed E-state index contributed by atoms with van der Waals surface area (Å²) in [4.78, 5) is 5.51. The highest BCUT2D eigenvalue weighted by Gasteiger charge is 1.99. The van der Waals surface area contributed by atoms with Gasteiger partial charge in [-0.2, -0.15) is 0 Å². The zero-order valence-electron chi connectivity index (χ0n) is 8.37. The van der Waals surface area contributed by atoms with Crippen molar-refractivity contribution < 1.29 is 0 Å². The van der Waals surface area contributed by atoms with Crippen molar-refractivity contribution in [3.8, 4) is 0 Å². The maximum atomic E-state index is 4.31. The lowest BCUT2D eigenvalue weighted by molar-refractivity contribution is 0.759. The summed E-state index contributed by atoms with van der Waals surface area (Å²) >= 11 is 1.71. The molecule has 1 aromatic heterocycles. The highest BCUT2D eigenvalue weighted by molar-refractivity contribution is 7.98. The fraction of sp³-hybridized carbons (Fsp3) is 0.500. The molecule has 0 fully saturated rings. The third-order valence-corrected chi connectivity index (χ3v) is 2.69. The van der Waals surface area contributed by atoms with Gasteiger partial charge in [0.05, 0.1) is 0 Å². The summed E-state index contributed by atoms with van der Waals surface area (Å²) in [5, 5.41) is 3.32. The Bertz CT molecular complexity index is 246. The molecule has 3 heteroatoms. The van der Waals surface area contributed by atoms with Crippen molar-refractivity contribution >= 4 is 17.6 Å². The molecule has 1 heterocycles. The van der Waals surface area contributed by atoms with Gasteiger partial charge in [-0.15, -0.1) is 11.8 Å². The van der Waals surface area contributed by atoms with E-state index in [9.17, 15) is 0 Å². The molecule has 0 aliphatic heterocycles. The van der Waals surface area contributed by atoms with Crippen LogP contribution in [-0.4, -0.2) is 17.3 Å². The highest BCUT2D eigenvalue weighted by Crippen LogP contribution is 2.15. The number of hydrogen-bond donors (Lipinski definition) is 1. The lowest BCUT2D eigenvalue weighted by Crippen LogP contribution is -2.14. The van der Waals surface area contributed by atoms with Gasteiger partial charge in [-0.05, 0) is 31.7 Å². The number of anilines is 1. The summed E-state index contributed by atoms with van der Waals surface area (Å²) in [5.74, 6) is 0.965. The molecule has 0 spiro atoms. The number of pyridine rings is 1. The Kier molecular flexibility index (Phi) is 4.09. The summed E-state index contributed by atoms with van der Waals surface area (Å²) in [6, 6.07) is 4.60. The minimum atomic E-state index is 0.493. The Morgan fingerprint density at radius 3 is 2.77 bits per heavy atom. The van der Waals surface area contributed by atoms with Crippen LogP contribution in [-0.2, 0) is 0 Å². The van der Waals surface area contributed by atoms with Gasteiger partial charge in [-0.1, -0.05) is 6.92 Å². The van der Waals surface area contributed by atoms with Crippen LogP contribution >= 0.6 is 11.8 Å². The second kappa shape index (κ2) is 5.12. The van der Waals surface area contributed by atoms with Crippen LogP contribution in [0.5, 0.6) is 0 Å². The summed E-state index contributed by atoms with van der Waals surface area (Å²) in [6.45, 7) is 4.32. The molecule has 0 aromatic carbocycles. The van der Waals surface area contributed by atoms with Crippen molar-refractivity contribution in [1.82, 2.24) is 4.98 Å². The molecule has 0 saturated carbocycles. The van der Waals surface area contributed by atoms with E-state index in [0.717, 1.165) is 12.2 Å². The van der Waals surface area contributed by atoms with Gasteiger partial charge in [-0.25, -0.2) is 4.98 Å². The molecule has 1 rings (SSSR count). The molecule has 13 heavy (non-hydrogen) atoms. The van der Waals surface area contributed by atoms with Crippen molar-refractivity contribution in [2.75, 3.05) is 11.6 Å². The molecule has 1 unspecified atom stereocenters. The van der Waals surface area contributed by atoms with Gasteiger partial charge in [0.25, 0.3) is 0 Å². The van der Waals surface area contributed by atoms with Gasteiger partial charge in [0, 0.05) is 17.1 Å². The number of nitrogens with one attached hydrogen (secondary N) is 1. The molecule has 0 aliphatic carbocycles. The maximum Gasteiger partial charge on any atom is 0.126 e. The molecule has 0 radical (unpaired) electrons. The summed E-state index contributed by atoms with van der Waals surface area (Å²) in [5.41, 5.74) is 0. The number of thioether (sulfide) groups is 1. The van der Waals surface area contributed by atoms with E-state index in [4.69, 9.17) is 0 Å². The Morgan fingerprint density at radius 1 is 1.54 bits per heavy atom. The largest absolute Gasteiger partial charge is 0.368 e. The average molecular weight is 196 g/mol. The van der Waals surface area contributed by atoms with Crippen LogP contribution in [0.1, 0.15) is 20.3 Å².